The van der Waals surface area contributed by atoms with Crippen LogP contribution in [0.15, 0.2) is 36.4 Å². The van der Waals surface area contributed by atoms with Crippen LogP contribution in [0.2, 0.25) is 0 Å². The number of fused-ring (bicyclic) bond motifs is 1. The Bertz CT molecular complexity index is 1070. The third kappa shape index (κ3) is 6.78. The summed E-state index contributed by atoms with van der Waals surface area (Å²) in [4.78, 5) is 13.1. The van der Waals surface area contributed by atoms with Crippen LogP contribution in [0.3, 0.4) is 0 Å². The SMILES string of the molecule is C1CC1.CC(Cc1ccc2c(c1)OC1(CC2)CCN(Cc2cc(C(F)(F)F)ccc2F)CC1)C(=O)O. The molecule has 1 N–H and O–H groups in total. The zero-order valence-electron chi connectivity index (χ0n) is 20.5. The van der Waals surface area contributed by atoms with Gasteiger partial charge in [0.15, 0.2) is 0 Å². The monoisotopic (exact) mass is 507 g/mol. The van der Waals surface area contributed by atoms with E-state index in [1.54, 1.807) is 6.92 Å². The summed E-state index contributed by atoms with van der Waals surface area (Å²) < 4.78 is 59.6. The van der Waals surface area contributed by atoms with Gasteiger partial charge in [0.05, 0.1) is 11.5 Å². The van der Waals surface area contributed by atoms with E-state index in [-0.39, 0.29) is 17.7 Å². The second-order valence-corrected chi connectivity index (χ2v) is 10.3. The fraction of sp³-hybridized carbons (Fsp3) is 0.536. The highest BCUT2D eigenvalue weighted by Gasteiger charge is 2.40. The van der Waals surface area contributed by atoms with Crippen molar-refractivity contribution in [3.05, 3.63) is 64.5 Å². The second-order valence-electron chi connectivity index (χ2n) is 10.3. The molecule has 4 nitrogen and oxygen atoms in total. The standard InChI is InChI=1S/C25H27F4NO3.C3H6/c1-16(23(31)32)12-17-2-3-18-6-7-24(33-22(18)13-17)8-10-30(11-9-24)15-19-14-20(25(27,28)29)4-5-21(19)26;1-2-3-1/h2-5,13-14,16H,6-12,15H2,1H3,(H,31,32);1-3H2. The number of benzene rings is 2. The Labute approximate surface area is 209 Å². The molecule has 1 saturated carbocycles. The van der Waals surface area contributed by atoms with Crippen molar-refractivity contribution < 1.29 is 32.2 Å². The molecule has 1 atom stereocenters. The van der Waals surface area contributed by atoms with E-state index in [0.717, 1.165) is 47.9 Å². The number of piperidine rings is 1. The predicted octanol–water partition coefficient (Wildman–Crippen LogP) is 6.64. The summed E-state index contributed by atoms with van der Waals surface area (Å²) in [5, 5.41) is 9.17. The Morgan fingerprint density at radius 1 is 1.08 bits per heavy atom. The van der Waals surface area contributed by atoms with Crippen molar-refractivity contribution in [3.8, 4) is 5.75 Å². The predicted molar refractivity (Wildman–Crippen MR) is 128 cm³/mol. The van der Waals surface area contributed by atoms with Gasteiger partial charge in [0, 0.05) is 25.2 Å². The fourth-order valence-corrected chi connectivity index (χ4v) is 4.70. The molecule has 2 aliphatic heterocycles. The first-order chi connectivity index (χ1) is 17.0. The topological polar surface area (TPSA) is 49.8 Å². The molecule has 0 bridgehead atoms. The zero-order chi connectivity index (χ0) is 25.9. The summed E-state index contributed by atoms with van der Waals surface area (Å²) >= 11 is 0. The van der Waals surface area contributed by atoms with E-state index < -0.39 is 29.4 Å². The second kappa shape index (κ2) is 10.8. The number of halogens is 4. The number of alkyl halides is 3. The molecule has 1 unspecified atom stereocenters. The Balaban J connectivity index is 0.000000943. The first-order valence-electron chi connectivity index (χ1n) is 12.7. The number of rotatable bonds is 5. The van der Waals surface area contributed by atoms with Gasteiger partial charge in [-0.1, -0.05) is 38.3 Å². The number of hydrogen-bond donors (Lipinski definition) is 1. The maximum Gasteiger partial charge on any atom is 0.416 e. The lowest BCUT2D eigenvalue weighted by molar-refractivity contribution is -0.141. The molecule has 2 aromatic rings. The molecular formula is C28H33F4NO3. The summed E-state index contributed by atoms with van der Waals surface area (Å²) in [6.07, 6.45) is 3.52. The van der Waals surface area contributed by atoms with Gasteiger partial charge in [-0.2, -0.15) is 13.2 Å². The van der Waals surface area contributed by atoms with E-state index >= 15 is 0 Å². The number of carboxylic acid groups (broad SMARTS) is 1. The van der Waals surface area contributed by atoms with Crippen LogP contribution in [0.4, 0.5) is 17.6 Å². The van der Waals surface area contributed by atoms with Crippen LogP contribution in [0.1, 0.15) is 67.7 Å². The van der Waals surface area contributed by atoms with Crippen LogP contribution in [0, 0.1) is 11.7 Å². The molecule has 0 amide bonds. The number of aliphatic carboxylic acids is 1. The Morgan fingerprint density at radius 2 is 1.78 bits per heavy atom. The van der Waals surface area contributed by atoms with Crippen molar-refractivity contribution in [2.24, 2.45) is 5.92 Å². The number of carboxylic acids is 1. The summed E-state index contributed by atoms with van der Waals surface area (Å²) in [6, 6.07) is 8.42. The van der Waals surface area contributed by atoms with E-state index in [4.69, 9.17) is 9.84 Å². The number of ether oxygens (including phenoxy) is 1. The van der Waals surface area contributed by atoms with E-state index in [1.807, 2.05) is 23.1 Å². The van der Waals surface area contributed by atoms with Crippen molar-refractivity contribution in [3.63, 3.8) is 0 Å². The van der Waals surface area contributed by atoms with Crippen molar-refractivity contribution in [1.82, 2.24) is 4.90 Å². The molecule has 3 aliphatic rings. The lowest BCUT2D eigenvalue weighted by atomic mass is 9.82. The van der Waals surface area contributed by atoms with Gasteiger partial charge in [0.1, 0.15) is 17.2 Å². The minimum absolute atomic E-state index is 0.0490. The number of likely N-dealkylation sites (tertiary alicyclic amines) is 1. The lowest BCUT2D eigenvalue weighted by Gasteiger charge is -2.44. The van der Waals surface area contributed by atoms with Crippen LogP contribution < -0.4 is 4.74 Å². The quantitative estimate of drug-likeness (QED) is 0.461. The summed E-state index contributed by atoms with van der Waals surface area (Å²) in [6.45, 7) is 2.99. The summed E-state index contributed by atoms with van der Waals surface area (Å²) in [7, 11) is 0. The fourth-order valence-electron chi connectivity index (χ4n) is 4.70. The number of hydrogen-bond acceptors (Lipinski definition) is 3. The summed E-state index contributed by atoms with van der Waals surface area (Å²) in [5.41, 5.74) is 0.867. The van der Waals surface area contributed by atoms with Gasteiger partial charge in [-0.15, -0.1) is 0 Å². The van der Waals surface area contributed by atoms with Crippen LogP contribution in [-0.4, -0.2) is 34.7 Å². The third-order valence-corrected chi connectivity index (χ3v) is 7.16. The Kier molecular flexibility index (Phi) is 7.93. The minimum Gasteiger partial charge on any atom is -0.487 e. The highest BCUT2D eigenvalue weighted by molar-refractivity contribution is 5.70. The average Bonchev–Trinajstić information content (AvgIpc) is 3.71. The maximum absolute atomic E-state index is 14.1. The molecule has 1 aliphatic carbocycles. The molecule has 196 valence electrons. The van der Waals surface area contributed by atoms with Crippen LogP contribution in [0.5, 0.6) is 5.75 Å². The van der Waals surface area contributed by atoms with Gasteiger partial charge in [-0.3, -0.25) is 9.69 Å². The molecule has 1 saturated heterocycles. The normalized spacial score (nSPS) is 19.5. The third-order valence-electron chi connectivity index (χ3n) is 7.16. The largest absolute Gasteiger partial charge is 0.487 e. The molecule has 2 fully saturated rings. The van der Waals surface area contributed by atoms with Crippen molar-refractivity contribution in [2.75, 3.05) is 13.1 Å². The maximum atomic E-state index is 14.1. The first kappa shape index (κ1) is 26.5. The molecule has 8 heteroatoms. The zero-order valence-corrected chi connectivity index (χ0v) is 20.5. The van der Waals surface area contributed by atoms with Crippen LogP contribution in [0.25, 0.3) is 0 Å². The smallest absolute Gasteiger partial charge is 0.416 e. The highest BCUT2D eigenvalue weighted by Crippen LogP contribution is 2.40. The van der Waals surface area contributed by atoms with Crippen molar-refractivity contribution in [1.29, 1.82) is 0 Å². The van der Waals surface area contributed by atoms with Crippen LogP contribution in [-0.2, 0) is 30.4 Å². The first-order valence-corrected chi connectivity index (χ1v) is 12.7. The number of carbonyl (C=O) groups is 1. The van der Waals surface area contributed by atoms with Crippen molar-refractivity contribution >= 4 is 5.97 Å². The summed E-state index contributed by atoms with van der Waals surface area (Å²) in [5.74, 6) is -1.17. The molecule has 2 heterocycles. The van der Waals surface area contributed by atoms with Gasteiger partial charge >= 0.3 is 12.1 Å². The van der Waals surface area contributed by atoms with E-state index in [0.29, 0.717) is 32.4 Å². The van der Waals surface area contributed by atoms with Crippen LogP contribution >= 0.6 is 0 Å². The van der Waals surface area contributed by atoms with E-state index in [2.05, 4.69) is 0 Å². The van der Waals surface area contributed by atoms with Gasteiger partial charge in [-0.25, -0.2) is 4.39 Å². The van der Waals surface area contributed by atoms with Gasteiger partial charge in [0.25, 0.3) is 0 Å². The van der Waals surface area contributed by atoms with Gasteiger partial charge in [-0.05, 0) is 67.5 Å². The van der Waals surface area contributed by atoms with E-state index in [9.17, 15) is 22.4 Å². The molecular weight excluding hydrogens is 474 g/mol. The lowest BCUT2D eigenvalue weighted by Crippen LogP contribution is -2.49. The number of aryl methyl sites for hydroxylation is 1. The minimum atomic E-state index is -4.50. The molecule has 5 rings (SSSR count). The Morgan fingerprint density at radius 3 is 2.39 bits per heavy atom. The number of nitrogens with zero attached hydrogens (tertiary/aromatic N) is 1. The van der Waals surface area contributed by atoms with Gasteiger partial charge < -0.3 is 9.84 Å². The molecule has 0 radical (unpaired) electrons. The van der Waals surface area contributed by atoms with Gasteiger partial charge in [0.2, 0.25) is 0 Å². The van der Waals surface area contributed by atoms with E-state index in [1.165, 1.54) is 19.3 Å². The van der Waals surface area contributed by atoms with Crippen molar-refractivity contribution in [2.45, 2.75) is 76.6 Å². The average molecular weight is 508 g/mol. The Hall–Kier alpha value is -2.61. The molecule has 0 aromatic heterocycles. The highest BCUT2D eigenvalue weighted by atomic mass is 19.4. The molecule has 36 heavy (non-hydrogen) atoms. The molecule has 1 spiro atoms. The molecule has 2 aromatic carbocycles.